The van der Waals surface area contributed by atoms with Gasteiger partial charge in [-0.3, -0.25) is 14.7 Å². The van der Waals surface area contributed by atoms with Gasteiger partial charge in [0, 0.05) is 18.3 Å². The predicted molar refractivity (Wildman–Crippen MR) is 79.3 cm³/mol. The third-order valence-corrected chi connectivity index (χ3v) is 4.27. The van der Waals surface area contributed by atoms with Crippen molar-refractivity contribution in [3.63, 3.8) is 0 Å². The highest BCUT2D eigenvalue weighted by molar-refractivity contribution is 6.33. The van der Waals surface area contributed by atoms with Crippen LogP contribution in [0.4, 0.5) is 5.69 Å². The highest BCUT2D eigenvalue weighted by atomic mass is 35.5. The number of aryl methyl sites for hydroxylation is 1. The molecule has 0 bridgehead atoms. The van der Waals surface area contributed by atoms with Crippen molar-refractivity contribution < 1.29 is 9.90 Å². The standard InChI is InChI=1S/C14H20ClN3O2/c1-3-18(8-13(19)20)11-6-10(7-11)17-12-4-5-16-9(2)14(12)15/h4-5,10-11H,3,6-8H2,1-2H3,(H,16,17)(H,19,20). The first kappa shape index (κ1) is 15.1. The summed E-state index contributed by atoms with van der Waals surface area (Å²) >= 11 is 6.20. The van der Waals surface area contributed by atoms with E-state index in [0.29, 0.717) is 17.1 Å². The molecule has 0 radical (unpaired) electrons. The second-order valence-corrected chi connectivity index (χ2v) is 5.56. The molecule has 2 rings (SSSR count). The van der Waals surface area contributed by atoms with Gasteiger partial charge < -0.3 is 10.4 Å². The Morgan fingerprint density at radius 2 is 2.30 bits per heavy atom. The molecule has 20 heavy (non-hydrogen) atoms. The molecule has 6 heteroatoms. The Balaban J connectivity index is 1.87. The monoisotopic (exact) mass is 297 g/mol. The van der Waals surface area contributed by atoms with Crippen molar-refractivity contribution in [2.75, 3.05) is 18.4 Å². The zero-order valence-electron chi connectivity index (χ0n) is 11.8. The van der Waals surface area contributed by atoms with Gasteiger partial charge in [0.2, 0.25) is 0 Å². The summed E-state index contributed by atoms with van der Waals surface area (Å²) < 4.78 is 0. The summed E-state index contributed by atoms with van der Waals surface area (Å²) in [6.07, 6.45) is 3.63. The Kier molecular flexibility index (Phi) is 4.83. The normalized spacial score (nSPS) is 21.6. The van der Waals surface area contributed by atoms with Gasteiger partial charge in [0.1, 0.15) is 0 Å². The number of hydrogen-bond acceptors (Lipinski definition) is 4. The molecule has 1 aromatic rings. The van der Waals surface area contributed by atoms with Crippen LogP contribution in [-0.4, -0.2) is 46.1 Å². The maximum absolute atomic E-state index is 10.8. The molecular formula is C14H20ClN3O2. The first-order chi connectivity index (χ1) is 9.51. The van der Waals surface area contributed by atoms with E-state index in [1.54, 1.807) is 6.20 Å². The van der Waals surface area contributed by atoms with Crippen LogP contribution in [0, 0.1) is 6.92 Å². The maximum atomic E-state index is 10.8. The van der Waals surface area contributed by atoms with Crippen molar-refractivity contribution in [2.24, 2.45) is 0 Å². The molecule has 1 fully saturated rings. The molecule has 0 saturated heterocycles. The Labute approximate surface area is 123 Å². The molecule has 0 atom stereocenters. The first-order valence-corrected chi connectivity index (χ1v) is 7.22. The summed E-state index contributed by atoms with van der Waals surface area (Å²) in [5.74, 6) is -0.768. The van der Waals surface area contributed by atoms with Crippen LogP contribution in [-0.2, 0) is 4.79 Å². The second-order valence-electron chi connectivity index (χ2n) is 5.18. The molecule has 1 aliphatic rings. The van der Waals surface area contributed by atoms with Gasteiger partial charge in [0.15, 0.2) is 0 Å². The van der Waals surface area contributed by atoms with Crippen LogP contribution in [0.15, 0.2) is 12.3 Å². The maximum Gasteiger partial charge on any atom is 0.317 e. The summed E-state index contributed by atoms with van der Waals surface area (Å²) in [7, 11) is 0. The van der Waals surface area contributed by atoms with E-state index in [1.807, 2.05) is 24.8 Å². The van der Waals surface area contributed by atoms with Crippen LogP contribution in [0.1, 0.15) is 25.5 Å². The van der Waals surface area contributed by atoms with Crippen molar-refractivity contribution in [2.45, 2.75) is 38.8 Å². The molecule has 1 heterocycles. The lowest BCUT2D eigenvalue weighted by atomic mass is 9.85. The molecule has 0 unspecified atom stereocenters. The van der Waals surface area contributed by atoms with E-state index in [0.717, 1.165) is 30.8 Å². The summed E-state index contributed by atoms with van der Waals surface area (Å²) in [4.78, 5) is 16.9. The van der Waals surface area contributed by atoms with Gasteiger partial charge in [-0.05, 0) is 32.4 Å². The van der Waals surface area contributed by atoms with E-state index >= 15 is 0 Å². The molecule has 2 N–H and O–H groups in total. The molecular weight excluding hydrogens is 278 g/mol. The Morgan fingerprint density at radius 3 is 2.90 bits per heavy atom. The largest absolute Gasteiger partial charge is 0.480 e. The molecule has 110 valence electrons. The van der Waals surface area contributed by atoms with Crippen molar-refractivity contribution >= 4 is 23.3 Å². The molecule has 1 saturated carbocycles. The Morgan fingerprint density at radius 1 is 1.60 bits per heavy atom. The van der Waals surface area contributed by atoms with Gasteiger partial charge in [-0.1, -0.05) is 18.5 Å². The van der Waals surface area contributed by atoms with Crippen molar-refractivity contribution in [1.29, 1.82) is 0 Å². The van der Waals surface area contributed by atoms with Gasteiger partial charge in [-0.15, -0.1) is 0 Å². The topological polar surface area (TPSA) is 65.5 Å². The number of likely N-dealkylation sites (N-methyl/N-ethyl adjacent to an activating group) is 1. The zero-order valence-corrected chi connectivity index (χ0v) is 12.5. The molecule has 0 spiro atoms. The van der Waals surface area contributed by atoms with Crippen LogP contribution >= 0.6 is 11.6 Å². The summed E-state index contributed by atoms with van der Waals surface area (Å²) in [5.41, 5.74) is 1.72. The number of nitrogens with zero attached hydrogens (tertiary/aromatic N) is 2. The third-order valence-electron chi connectivity index (χ3n) is 3.80. The van der Waals surface area contributed by atoms with E-state index < -0.39 is 5.97 Å². The minimum absolute atomic E-state index is 0.114. The highest BCUT2D eigenvalue weighted by Crippen LogP contribution is 2.31. The number of hydrogen-bond donors (Lipinski definition) is 2. The zero-order chi connectivity index (χ0) is 14.7. The van der Waals surface area contributed by atoms with Gasteiger partial charge in [0.25, 0.3) is 0 Å². The van der Waals surface area contributed by atoms with Crippen LogP contribution in [0.5, 0.6) is 0 Å². The summed E-state index contributed by atoms with van der Waals surface area (Å²) in [6, 6.07) is 2.56. The highest BCUT2D eigenvalue weighted by Gasteiger charge is 2.34. The van der Waals surface area contributed by atoms with Gasteiger partial charge in [0.05, 0.1) is 22.9 Å². The number of pyridine rings is 1. The lowest BCUT2D eigenvalue weighted by Crippen LogP contribution is -2.51. The number of halogens is 1. The van der Waals surface area contributed by atoms with E-state index in [1.165, 1.54) is 0 Å². The molecule has 1 aromatic heterocycles. The van der Waals surface area contributed by atoms with Crippen LogP contribution in [0.3, 0.4) is 0 Å². The molecule has 5 nitrogen and oxygen atoms in total. The molecule has 1 aliphatic carbocycles. The smallest absolute Gasteiger partial charge is 0.317 e. The van der Waals surface area contributed by atoms with Crippen LogP contribution in [0.25, 0.3) is 0 Å². The quantitative estimate of drug-likeness (QED) is 0.844. The SMILES string of the molecule is CCN(CC(=O)O)C1CC(Nc2ccnc(C)c2Cl)C1. The number of aliphatic carboxylic acids is 1. The fourth-order valence-electron chi connectivity index (χ4n) is 2.56. The fraction of sp³-hybridized carbons (Fsp3) is 0.571. The average Bonchev–Trinajstić information content (AvgIpc) is 2.35. The Hall–Kier alpha value is -1.33. The number of carbonyl (C=O) groups is 1. The fourth-order valence-corrected chi connectivity index (χ4v) is 2.72. The van der Waals surface area contributed by atoms with Crippen LogP contribution in [0.2, 0.25) is 5.02 Å². The molecule has 0 aliphatic heterocycles. The number of rotatable bonds is 6. The van der Waals surface area contributed by atoms with Crippen molar-refractivity contribution in [3.8, 4) is 0 Å². The summed E-state index contributed by atoms with van der Waals surface area (Å²) in [5, 5.41) is 12.9. The number of anilines is 1. The van der Waals surface area contributed by atoms with Gasteiger partial charge >= 0.3 is 5.97 Å². The molecule has 0 aromatic carbocycles. The lowest BCUT2D eigenvalue weighted by molar-refractivity contribution is -0.139. The summed E-state index contributed by atoms with van der Waals surface area (Å²) in [6.45, 7) is 4.75. The van der Waals surface area contributed by atoms with E-state index in [9.17, 15) is 4.79 Å². The number of carboxylic acid groups (broad SMARTS) is 1. The lowest BCUT2D eigenvalue weighted by Gasteiger charge is -2.42. The number of aromatic nitrogens is 1. The third kappa shape index (κ3) is 3.41. The first-order valence-electron chi connectivity index (χ1n) is 6.84. The van der Waals surface area contributed by atoms with E-state index in [4.69, 9.17) is 16.7 Å². The predicted octanol–water partition coefficient (Wildman–Crippen LogP) is 2.39. The number of nitrogens with one attached hydrogen (secondary N) is 1. The van der Waals surface area contributed by atoms with Crippen molar-refractivity contribution in [3.05, 3.63) is 23.0 Å². The molecule has 0 amide bonds. The van der Waals surface area contributed by atoms with Crippen molar-refractivity contribution in [1.82, 2.24) is 9.88 Å². The van der Waals surface area contributed by atoms with E-state index in [2.05, 4.69) is 10.3 Å². The number of carboxylic acids is 1. The van der Waals surface area contributed by atoms with E-state index in [-0.39, 0.29) is 6.54 Å². The minimum Gasteiger partial charge on any atom is -0.480 e. The minimum atomic E-state index is -0.768. The average molecular weight is 298 g/mol. The van der Waals surface area contributed by atoms with Gasteiger partial charge in [-0.25, -0.2) is 0 Å². The second kappa shape index (κ2) is 6.41. The van der Waals surface area contributed by atoms with Gasteiger partial charge in [-0.2, -0.15) is 0 Å². The van der Waals surface area contributed by atoms with Crippen LogP contribution < -0.4 is 5.32 Å². The Bertz CT molecular complexity index is 489.